The topological polar surface area (TPSA) is 17.1 Å². The largest absolute Gasteiger partial charge is 0.418 e. The Morgan fingerprint density at radius 2 is 1.94 bits per heavy atom. The first-order valence-electron chi connectivity index (χ1n) is 3.93. The number of rotatable bonds is 2. The molecule has 0 N–H and O–H groups in total. The van der Waals surface area contributed by atoms with Gasteiger partial charge in [-0.15, -0.1) is 11.6 Å². The third-order valence-electron chi connectivity index (χ3n) is 1.79. The van der Waals surface area contributed by atoms with E-state index in [1.165, 1.54) is 34.7 Å². The second-order valence-corrected chi connectivity index (χ2v) is 4.67. The summed E-state index contributed by atoms with van der Waals surface area (Å²) in [6.07, 6.45) is -4.63. The van der Waals surface area contributed by atoms with Crippen molar-refractivity contribution in [1.82, 2.24) is 0 Å². The van der Waals surface area contributed by atoms with Crippen LogP contribution in [0, 0.1) is 3.57 Å². The highest BCUT2D eigenvalue weighted by molar-refractivity contribution is 14.1. The van der Waals surface area contributed by atoms with Crippen LogP contribution in [-0.2, 0) is 6.18 Å². The fraction of sp³-hybridized carbons (Fsp3) is 0.222. The SMILES string of the molecule is O=C(CCl)c1c(Cl)ccc(I)c1C(F)(F)F. The zero-order valence-electron chi connectivity index (χ0n) is 7.54. The Kier molecular flexibility index (Phi) is 4.48. The van der Waals surface area contributed by atoms with Crippen molar-refractivity contribution >= 4 is 51.6 Å². The van der Waals surface area contributed by atoms with E-state index in [-0.39, 0.29) is 8.59 Å². The van der Waals surface area contributed by atoms with Gasteiger partial charge in [0.15, 0.2) is 5.78 Å². The number of hydrogen-bond donors (Lipinski definition) is 0. The van der Waals surface area contributed by atoms with Gasteiger partial charge < -0.3 is 0 Å². The van der Waals surface area contributed by atoms with Crippen molar-refractivity contribution < 1.29 is 18.0 Å². The van der Waals surface area contributed by atoms with Crippen LogP contribution in [0.1, 0.15) is 15.9 Å². The lowest BCUT2D eigenvalue weighted by Gasteiger charge is -2.14. The van der Waals surface area contributed by atoms with Crippen LogP contribution in [0.4, 0.5) is 13.2 Å². The zero-order valence-corrected chi connectivity index (χ0v) is 11.2. The van der Waals surface area contributed by atoms with Gasteiger partial charge in [-0.3, -0.25) is 4.79 Å². The maximum atomic E-state index is 12.7. The Morgan fingerprint density at radius 1 is 1.38 bits per heavy atom. The number of halogens is 6. The number of benzene rings is 1. The monoisotopic (exact) mass is 382 g/mol. The van der Waals surface area contributed by atoms with Crippen LogP contribution in [0.25, 0.3) is 0 Å². The van der Waals surface area contributed by atoms with Gasteiger partial charge in [-0.2, -0.15) is 13.2 Å². The first-order chi connectivity index (χ1) is 7.29. The van der Waals surface area contributed by atoms with E-state index in [1.54, 1.807) is 0 Å². The molecule has 1 rings (SSSR count). The molecule has 0 atom stereocenters. The van der Waals surface area contributed by atoms with Crippen LogP contribution in [0.15, 0.2) is 12.1 Å². The number of carbonyl (C=O) groups excluding carboxylic acids is 1. The lowest BCUT2D eigenvalue weighted by atomic mass is 10.0. The van der Waals surface area contributed by atoms with E-state index in [0.717, 1.165) is 0 Å². The highest BCUT2D eigenvalue weighted by Crippen LogP contribution is 2.38. The second-order valence-electron chi connectivity index (χ2n) is 2.83. The van der Waals surface area contributed by atoms with Crippen LogP contribution in [-0.4, -0.2) is 11.7 Å². The number of alkyl halides is 4. The molecule has 16 heavy (non-hydrogen) atoms. The third kappa shape index (κ3) is 2.81. The predicted octanol–water partition coefficient (Wildman–Crippen LogP) is 4.38. The number of carbonyl (C=O) groups is 1. The first kappa shape index (κ1) is 14.1. The molecule has 1 aromatic rings. The molecule has 88 valence electrons. The Hall–Kier alpha value is -0.0100. The molecule has 0 saturated carbocycles. The van der Waals surface area contributed by atoms with Gasteiger partial charge in [-0.25, -0.2) is 0 Å². The summed E-state index contributed by atoms with van der Waals surface area (Å²) >= 11 is 12.4. The second kappa shape index (κ2) is 5.10. The molecular weight excluding hydrogens is 379 g/mol. The summed E-state index contributed by atoms with van der Waals surface area (Å²) in [7, 11) is 0. The van der Waals surface area contributed by atoms with Crippen molar-refractivity contribution in [2.24, 2.45) is 0 Å². The average molecular weight is 383 g/mol. The smallest absolute Gasteiger partial charge is 0.293 e. The molecular formula is C9H4Cl2F3IO. The molecule has 0 aromatic heterocycles. The number of hydrogen-bond acceptors (Lipinski definition) is 1. The van der Waals surface area contributed by atoms with Crippen molar-refractivity contribution in [2.45, 2.75) is 6.18 Å². The number of Topliss-reactive ketones (excluding diaryl/α,β-unsaturated/α-hetero) is 1. The molecule has 0 fully saturated rings. The summed E-state index contributed by atoms with van der Waals surface area (Å²) in [6, 6.07) is 2.45. The quantitative estimate of drug-likeness (QED) is 0.421. The Bertz CT molecular complexity index is 431. The van der Waals surface area contributed by atoms with E-state index in [1.807, 2.05) is 0 Å². The minimum atomic E-state index is -4.63. The molecule has 0 aliphatic heterocycles. The van der Waals surface area contributed by atoms with Gasteiger partial charge in [0.2, 0.25) is 0 Å². The lowest BCUT2D eigenvalue weighted by Crippen LogP contribution is -2.16. The molecule has 0 spiro atoms. The molecule has 0 radical (unpaired) electrons. The fourth-order valence-electron chi connectivity index (χ4n) is 1.17. The molecule has 7 heteroatoms. The van der Waals surface area contributed by atoms with E-state index in [4.69, 9.17) is 23.2 Å². The normalized spacial score (nSPS) is 11.6. The predicted molar refractivity (Wildman–Crippen MR) is 64.2 cm³/mol. The van der Waals surface area contributed by atoms with Crippen LogP contribution in [0.2, 0.25) is 5.02 Å². The highest BCUT2D eigenvalue weighted by Gasteiger charge is 2.38. The van der Waals surface area contributed by atoms with Gasteiger partial charge in [0.05, 0.1) is 22.0 Å². The zero-order chi connectivity index (χ0) is 12.5. The van der Waals surface area contributed by atoms with Gasteiger partial charge in [0, 0.05) is 3.57 Å². The first-order valence-corrected chi connectivity index (χ1v) is 5.92. The minimum absolute atomic E-state index is 0.0806. The maximum absolute atomic E-state index is 12.7. The van der Waals surface area contributed by atoms with Crippen molar-refractivity contribution in [3.05, 3.63) is 31.9 Å². The third-order valence-corrected chi connectivity index (χ3v) is 3.24. The van der Waals surface area contributed by atoms with Gasteiger partial charge in [-0.05, 0) is 34.7 Å². The summed E-state index contributed by atoms with van der Waals surface area (Å²) in [5.74, 6) is -1.37. The van der Waals surface area contributed by atoms with E-state index >= 15 is 0 Å². The highest BCUT2D eigenvalue weighted by atomic mass is 127. The molecule has 0 unspecified atom stereocenters. The molecule has 0 bridgehead atoms. The lowest BCUT2D eigenvalue weighted by molar-refractivity contribution is -0.138. The van der Waals surface area contributed by atoms with Crippen molar-refractivity contribution in [1.29, 1.82) is 0 Å². The molecule has 1 aromatic carbocycles. The Morgan fingerprint density at radius 3 is 2.38 bits per heavy atom. The summed E-state index contributed by atoms with van der Waals surface area (Å²) in [5.41, 5.74) is -1.58. The standard InChI is InChI=1S/C9H4Cl2F3IO/c10-3-6(16)7-4(11)1-2-5(15)8(7)9(12,13)14/h1-2H,3H2. The van der Waals surface area contributed by atoms with Crippen molar-refractivity contribution in [3.63, 3.8) is 0 Å². The molecule has 0 amide bonds. The van der Waals surface area contributed by atoms with Gasteiger partial charge >= 0.3 is 6.18 Å². The van der Waals surface area contributed by atoms with E-state index in [9.17, 15) is 18.0 Å². The van der Waals surface area contributed by atoms with Crippen molar-refractivity contribution in [2.75, 3.05) is 5.88 Å². The number of ketones is 1. The maximum Gasteiger partial charge on any atom is 0.418 e. The molecule has 0 aliphatic rings. The minimum Gasteiger partial charge on any atom is -0.293 e. The average Bonchev–Trinajstić information content (AvgIpc) is 2.18. The van der Waals surface area contributed by atoms with E-state index in [0.29, 0.717) is 0 Å². The van der Waals surface area contributed by atoms with Gasteiger partial charge in [-0.1, -0.05) is 11.6 Å². The van der Waals surface area contributed by atoms with Gasteiger partial charge in [0.1, 0.15) is 0 Å². The molecule has 0 heterocycles. The van der Waals surface area contributed by atoms with E-state index < -0.39 is 29.0 Å². The van der Waals surface area contributed by atoms with Crippen LogP contribution in [0.3, 0.4) is 0 Å². The van der Waals surface area contributed by atoms with Crippen LogP contribution >= 0.6 is 45.8 Å². The summed E-state index contributed by atoms with van der Waals surface area (Å²) in [5, 5.41) is -0.238. The van der Waals surface area contributed by atoms with Crippen LogP contribution < -0.4 is 0 Å². The van der Waals surface area contributed by atoms with E-state index in [2.05, 4.69) is 0 Å². The van der Waals surface area contributed by atoms with Crippen LogP contribution in [0.5, 0.6) is 0 Å². The van der Waals surface area contributed by atoms with Crippen molar-refractivity contribution in [3.8, 4) is 0 Å². The van der Waals surface area contributed by atoms with Gasteiger partial charge in [0.25, 0.3) is 0 Å². The molecule has 0 aliphatic carbocycles. The Balaban J connectivity index is 3.56. The fourth-order valence-corrected chi connectivity index (χ4v) is 2.32. The summed E-state index contributed by atoms with van der Waals surface area (Å²) < 4.78 is 38.1. The molecule has 0 saturated heterocycles. The summed E-state index contributed by atoms with van der Waals surface area (Å²) in [4.78, 5) is 11.3. The molecule has 1 nitrogen and oxygen atoms in total. The summed E-state index contributed by atoms with van der Waals surface area (Å²) in [6.45, 7) is 0. The Labute approximate surface area is 113 Å².